The zero-order valence-corrected chi connectivity index (χ0v) is 18.9. The number of pyridine rings is 1. The van der Waals surface area contributed by atoms with Crippen LogP contribution < -0.4 is 11.0 Å². The molecule has 0 spiro atoms. The molecule has 2 aromatic heterocycles. The molecule has 168 valence electrons. The molecule has 5 aromatic rings. The molecule has 0 unspecified atom stereocenters. The van der Waals surface area contributed by atoms with Crippen molar-refractivity contribution in [1.29, 1.82) is 0 Å². The Morgan fingerprint density at radius 3 is 2.24 bits per heavy atom. The van der Waals surface area contributed by atoms with Crippen molar-refractivity contribution in [2.75, 3.05) is 5.43 Å². The number of nitrogens with one attached hydrogen (secondary N) is 2. The van der Waals surface area contributed by atoms with Crippen LogP contribution in [0.1, 0.15) is 16.8 Å². The van der Waals surface area contributed by atoms with Gasteiger partial charge in [0.05, 0.1) is 6.42 Å². The summed E-state index contributed by atoms with van der Waals surface area (Å²) in [6.45, 7) is 0. The van der Waals surface area contributed by atoms with E-state index < -0.39 is 0 Å². The summed E-state index contributed by atoms with van der Waals surface area (Å²) in [6, 6.07) is 28.4. The molecule has 7 heteroatoms. The second-order valence-corrected chi connectivity index (χ2v) is 8.44. The van der Waals surface area contributed by atoms with Crippen molar-refractivity contribution in [2.45, 2.75) is 12.8 Å². The van der Waals surface area contributed by atoms with Gasteiger partial charge in [0.25, 0.3) is 5.56 Å². The van der Waals surface area contributed by atoms with Crippen LogP contribution in [-0.2, 0) is 17.6 Å². The topological polar surface area (TPSA) is 79.8 Å². The summed E-state index contributed by atoms with van der Waals surface area (Å²) in [4.78, 5) is 26.3. The maximum Gasteiger partial charge on any atom is 0.295 e. The van der Waals surface area contributed by atoms with Gasteiger partial charge in [-0.25, -0.2) is 4.68 Å². The molecule has 0 bridgehead atoms. The first-order valence-electron chi connectivity index (χ1n) is 10.8. The van der Waals surface area contributed by atoms with Crippen LogP contribution in [-0.4, -0.2) is 20.8 Å². The van der Waals surface area contributed by atoms with Crippen LogP contribution in [0.5, 0.6) is 0 Å². The Labute approximate surface area is 200 Å². The predicted molar refractivity (Wildman–Crippen MR) is 135 cm³/mol. The maximum atomic E-state index is 13.5. The molecular formula is C27H21ClN4O2. The van der Waals surface area contributed by atoms with Gasteiger partial charge >= 0.3 is 0 Å². The van der Waals surface area contributed by atoms with Crippen molar-refractivity contribution in [3.8, 4) is 11.3 Å². The second-order valence-electron chi connectivity index (χ2n) is 8.00. The number of H-pyrrole nitrogens is 1. The first-order chi connectivity index (χ1) is 16.6. The number of carbonyl (C=O) groups is 1. The summed E-state index contributed by atoms with van der Waals surface area (Å²) in [6.07, 6.45) is 0.623. The van der Waals surface area contributed by atoms with Crippen molar-refractivity contribution >= 4 is 28.4 Å². The highest BCUT2D eigenvalue weighted by Gasteiger charge is 2.18. The van der Waals surface area contributed by atoms with Crippen molar-refractivity contribution in [3.05, 3.63) is 123 Å². The lowest BCUT2D eigenvalue weighted by atomic mass is 10.1. The Hall–Kier alpha value is -4.16. The first kappa shape index (κ1) is 21.7. The number of fused-ring (bicyclic) bond motifs is 1. The maximum absolute atomic E-state index is 13.5. The van der Waals surface area contributed by atoms with Gasteiger partial charge in [-0.3, -0.25) is 20.1 Å². The molecule has 5 rings (SSSR count). The Bertz CT molecular complexity index is 1510. The average Bonchev–Trinajstić information content (AvgIpc) is 3.27. The number of hydrogen-bond acceptors (Lipinski definition) is 3. The van der Waals surface area contributed by atoms with E-state index >= 15 is 0 Å². The third-order valence-electron chi connectivity index (χ3n) is 5.61. The highest BCUT2D eigenvalue weighted by Crippen LogP contribution is 2.27. The number of halogens is 1. The molecule has 0 aliphatic rings. The van der Waals surface area contributed by atoms with Gasteiger partial charge in [-0.05, 0) is 29.3 Å². The van der Waals surface area contributed by atoms with E-state index in [4.69, 9.17) is 11.6 Å². The molecule has 0 radical (unpaired) electrons. The molecule has 3 aromatic carbocycles. The quantitative estimate of drug-likeness (QED) is 0.370. The fourth-order valence-corrected chi connectivity index (χ4v) is 4.08. The molecule has 0 atom stereocenters. The standard InChI is InChI=1S/C27H21ClN4O2/c28-21-13-11-20(12-14-21)25-23-17-22(15-18-7-3-1-4-8-18)32(27(34)26(23)30-29-25)31-24(33)16-19-9-5-2-6-10-19/h1-14,17H,15-16H2,(H,29,30)(H,31,33). The third kappa shape index (κ3) is 4.49. The minimum Gasteiger partial charge on any atom is -0.273 e. The summed E-state index contributed by atoms with van der Waals surface area (Å²) in [5.74, 6) is -0.278. The van der Waals surface area contributed by atoms with Gasteiger partial charge in [0.1, 0.15) is 11.2 Å². The SMILES string of the molecule is O=C(Cc1ccccc1)Nn1c(Cc2ccccc2)cc2c(-c3ccc(Cl)cc3)n[nH]c2c1=O. The molecule has 0 fully saturated rings. The second kappa shape index (κ2) is 9.37. The molecule has 34 heavy (non-hydrogen) atoms. The fourth-order valence-electron chi connectivity index (χ4n) is 3.96. The molecule has 0 aliphatic heterocycles. The Balaban J connectivity index is 1.59. The van der Waals surface area contributed by atoms with Crippen LogP contribution in [0.4, 0.5) is 0 Å². The summed E-state index contributed by atoms with van der Waals surface area (Å²) in [5, 5.41) is 8.56. The zero-order valence-electron chi connectivity index (χ0n) is 18.2. The number of aromatic amines is 1. The molecule has 6 nitrogen and oxygen atoms in total. The van der Waals surface area contributed by atoms with Crippen LogP contribution in [0.15, 0.2) is 95.8 Å². The molecule has 1 amide bonds. The molecule has 0 aliphatic carbocycles. The summed E-state index contributed by atoms with van der Waals surface area (Å²) >= 11 is 6.04. The van der Waals surface area contributed by atoms with Crippen molar-refractivity contribution in [2.24, 2.45) is 0 Å². The molecule has 0 saturated carbocycles. The van der Waals surface area contributed by atoms with Gasteiger partial charge in [0, 0.05) is 28.1 Å². The van der Waals surface area contributed by atoms with Gasteiger partial charge in [-0.2, -0.15) is 5.10 Å². The lowest BCUT2D eigenvalue weighted by Gasteiger charge is -2.15. The van der Waals surface area contributed by atoms with Crippen LogP contribution in [0, 0.1) is 0 Å². The minimum absolute atomic E-state index is 0.162. The third-order valence-corrected chi connectivity index (χ3v) is 5.86. The van der Waals surface area contributed by atoms with Crippen molar-refractivity contribution in [1.82, 2.24) is 14.9 Å². The Kier molecular flexibility index (Phi) is 5.97. The molecular weight excluding hydrogens is 448 g/mol. The van der Waals surface area contributed by atoms with Gasteiger partial charge in [-0.1, -0.05) is 84.4 Å². The molecule has 0 saturated heterocycles. The lowest BCUT2D eigenvalue weighted by molar-refractivity contribution is -0.116. The first-order valence-corrected chi connectivity index (χ1v) is 11.2. The Morgan fingerprint density at radius 2 is 1.56 bits per heavy atom. The van der Waals surface area contributed by atoms with Gasteiger partial charge in [0.15, 0.2) is 0 Å². The highest BCUT2D eigenvalue weighted by atomic mass is 35.5. The molecule has 2 heterocycles. The number of benzene rings is 3. The van der Waals surface area contributed by atoms with Gasteiger partial charge in [-0.15, -0.1) is 0 Å². The monoisotopic (exact) mass is 468 g/mol. The van der Waals surface area contributed by atoms with Crippen molar-refractivity contribution < 1.29 is 4.79 Å². The number of nitrogens with zero attached hydrogens (tertiary/aromatic N) is 2. The number of hydrogen-bond donors (Lipinski definition) is 2. The largest absolute Gasteiger partial charge is 0.295 e. The number of aromatic nitrogens is 3. The number of carbonyl (C=O) groups excluding carboxylic acids is 1. The smallest absolute Gasteiger partial charge is 0.273 e. The van der Waals surface area contributed by atoms with E-state index in [0.29, 0.717) is 33.7 Å². The van der Waals surface area contributed by atoms with E-state index in [1.165, 1.54) is 4.68 Å². The van der Waals surface area contributed by atoms with Crippen LogP contribution in [0.2, 0.25) is 5.02 Å². The Morgan fingerprint density at radius 1 is 0.912 bits per heavy atom. The van der Waals surface area contributed by atoms with E-state index in [-0.39, 0.29) is 17.9 Å². The summed E-state index contributed by atoms with van der Waals surface area (Å²) < 4.78 is 1.32. The predicted octanol–water partition coefficient (Wildman–Crippen LogP) is 4.95. The van der Waals surface area contributed by atoms with E-state index in [9.17, 15) is 9.59 Å². The summed E-state index contributed by atoms with van der Waals surface area (Å²) in [7, 11) is 0. The highest BCUT2D eigenvalue weighted by molar-refractivity contribution is 6.30. The van der Waals surface area contributed by atoms with Gasteiger partial charge in [0.2, 0.25) is 5.91 Å². The van der Waals surface area contributed by atoms with E-state index in [1.807, 2.05) is 78.9 Å². The van der Waals surface area contributed by atoms with Crippen LogP contribution in [0.3, 0.4) is 0 Å². The summed E-state index contributed by atoms with van der Waals surface area (Å²) in [5.41, 5.74) is 6.78. The number of rotatable bonds is 6. The molecule has 2 N–H and O–H groups in total. The number of amides is 1. The van der Waals surface area contributed by atoms with E-state index in [0.717, 1.165) is 16.7 Å². The van der Waals surface area contributed by atoms with E-state index in [2.05, 4.69) is 15.6 Å². The van der Waals surface area contributed by atoms with Gasteiger partial charge < -0.3 is 0 Å². The normalized spacial score (nSPS) is 11.0. The van der Waals surface area contributed by atoms with Crippen LogP contribution in [0.25, 0.3) is 22.2 Å². The minimum atomic E-state index is -0.363. The van der Waals surface area contributed by atoms with E-state index in [1.54, 1.807) is 12.1 Å². The zero-order chi connectivity index (χ0) is 23.5. The average molecular weight is 469 g/mol. The fraction of sp³-hybridized carbons (Fsp3) is 0.0741. The lowest BCUT2D eigenvalue weighted by Crippen LogP contribution is -2.36. The van der Waals surface area contributed by atoms with Crippen molar-refractivity contribution in [3.63, 3.8) is 0 Å². The van der Waals surface area contributed by atoms with Crippen LogP contribution >= 0.6 is 11.6 Å².